The highest BCUT2D eigenvalue weighted by molar-refractivity contribution is 5.83. The molecule has 0 bridgehead atoms. The van der Waals surface area contributed by atoms with Crippen LogP contribution in [0.15, 0.2) is 0 Å². The van der Waals surface area contributed by atoms with E-state index < -0.39 is 0 Å². The van der Waals surface area contributed by atoms with Gasteiger partial charge >= 0.3 is 11.9 Å². The molecule has 0 aromatic carbocycles. The fourth-order valence-corrected chi connectivity index (χ4v) is 1.62. The molecule has 0 aromatic heterocycles. The topological polar surface area (TPSA) is 119 Å². The molecule has 0 spiro atoms. The summed E-state index contributed by atoms with van der Waals surface area (Å²) in [6.45, 7) is 5.39. The van der Waals surface area contributed by atoms with Crippen LogP contribution in [0.4, 0.5) is 0 Å². The Morgan fingerprint density at radius 2 is 1.04 bits per heavy atom. The Hall–Kier alpha value is -1.80. The molecule has 0 unspecified atom stereocenters. The van der Waals surface area contributed by atoms with Crippen molar-refractivity contribution >= 4 is 23.4 Å². The fraction of sp³-hybridized carbons (Fsp3) is 0.765. The van der Waals surface area contributed by atoms with E-state index in [1.807, 2.05) is 0 Å². The molecule has 0 aliphatic heterocycles. The lowest BCUT2D eigenvalue weighted by atomic mass is 10.2. The van der Waals surface area contributed by atoms with Gasteiger partial charge in [-0.2, -0.15) is 0 Å². The van der Waals surface area contributed by atoms with E-state index in [4.69, 9.17) is 29.8 Å². The lowest BCUT2D eigenvalue weighted by Crippen LogP contribution is -2.13. The number of carbonyl (C=O) groups excluding carboxylic acids is 2. The van der Waals surface area contributed by atoms with Crippen LogP contribution in [0.25, 0.3) is 0 Å². The summed E-state index contributed by atoms with van der Waals surface area (Å²) in [6, 6.07) is 0. The highest BCUT2D eigenvalue weighted by Gasteiger charge is 2.04. The van der Waals surface area contributed by atoms with Crippen LogP contribution in [0, 0.1) is 10.8 Å². The largest absolute Gasteiger partial charge is 0.463 e. The number of nitrogens with one attached hydrogen (secondary N) is 2. The maximum Gasteiger partial charge on any atom is 0.306 e. The second-order valence-corrected chi connectivity index (χ2v) is 5.58. The standard InChI is InChI=1S/C17H30N2O6/c1-14(18)4-6-16(20)24-12-10-22-8-3-9-23-11-13-25-17(21)7-5-15(2)19/h18-19H,3-13H2,1-2H3. The summed E-state index contributed by atoms with van der Waals surface area (Å²) in [5, 5.41) is 14.4. The Kier molecular flexibility index (Phi) is 14.6. The number of hydrogen-bond donors (Lipinski definition) is 2. The van der Waals surface area contributed by atoms with Crippen molar-refractivity contribution in [3.8, 4) is 0 Å². The van der Waals surface area contributed by atoms with E-state index >= 15 is 0 Å². The Morgan fingerprint density at radius 1 is 0.640 bits per heavy atom. The second-order valence-electron chi connectivity index (χ2n) is 5.58. The van der Waals surface area contributed by atoms with Crippen LogP contribution in [-0.2, 0) is 28.5 Å². The molecule has 0 saturated heterocycles. The summed E-state index contributed by atoms with van der Waals surface area (Å²) in [5.41, 5.74) is 0.925. The number of ether oxygens (including phenoxy) is 4. The third-order valence-electron chi connectivity index (χ3n) is 2.97. The summed E-state index contributed by atoms with van der Waals surface area (Å²) in [4.78, 5) is 22.5. The van der Waals surface area contributed by atoms with Gasteiger partial charge in [-0.15, -0.1) is 0 Å². The van der Waals surface area contributed by atoms with Crippen LogP contribution < -0.4 is 0 Å². The Labute approximate surface area is 149 Å². The van der Waals surface area contributed by atoms with Crippen molar-refractivity contribution in [3.63, 3.8) is 0 Å². The molecule has 144 valence electrons. The molecule has 0 aliphatic carbocycles. The van der Waals surface area contributed by atoms with Gasteiger partial charge in [-0.3, -0.25) is 9.59 Å². The molecule has 0 saturated carbocycles. The van der Waals surface area contributed by atoms with Gasteiger partial charge in [-0.05, 0) is 33.1 Å². The van der Waals surface area contributed by atoms with E-state index in [1.165, 1.54) is 0 Å². The minimum Gasteiger partial charge on any atom is -0.463 e. The van der Waals surface area contributed by atoms with Crippen LogP contribution in [0.1, 0.15) is 46.0 Å². The SMILES string of the molecule is CC(=N)CCC(=O)OCCOCCCOCCOC(=O)CCC(C)=N. The normalized spacial score (nSPS) is 10.3. The molecule has 0 heterocycles. The number of rotatable bonds is 16. The maximum atomic E-state index is 11.3. The van der Waals surface area contributed by atoms with Crippen molar-refractivity contribution in [3.05, 3.63) is 0 Å². The molecule has 2 N–H and O–H groups in total. The van der Waals surface area contributed by atoms with Crippen LogP contribution in [0.2, 0.25) is 0 Å². The quantitative estimate of drug-likeness (QED) is 0.248. The summed E-state index contributed by atoms with van der Waals surface area (Å²) >= 11 is 0. The van der Waals surface area contributed by atoms with Gasteiger partial charge in [0.05, 0.1) is 26.1 Å². The van der Waals surface area contributed by atoms with Crippen LogP contribution in [0.3, 0.4) is 0 Å². The molecule has 0 aliphatic rings. The average Bonchev–Trinajstić information content (AvgIpc) is 2.55. The molecular weight excluding hydrogens is 328 g/mol. The van der Waals surface area contributed by atoms with Crippen LogP contribution in [0.5, 0.6) is 0 Å². The van der Waals surface area contributed by atoms with Crippen molar-refractivity contribution in [2.24, 2.45) is 0 Å². The summed E-state index contributed by atoms with van der Waals surface area (Å²) < 4.78 is 20.5. The smallest absolute Gasteiger partial charge is 0.306 e. The van der Waals surface area contributed by atoms with Gasteiger partial charge in [0.1, 0.15) is 13.2 Å². The molecule has 0 aromatic rings. The van der Waals surface area contributed by atoms with Crippen molar-refractivity contribution in [1.82, 2.24) is 0 Å². The fourth-order valence-electron chi connectivity index (χ4n) is 1.62. The molecule has 0 rings (SSSR count). The van der Waals surface area contributed by atoms with E-state index in [-0.39, 0.29) is 38.0 Å². The van der Waals surface area contributed by atoms with E-state index in [0.29, 0.717) is 57.1 Å². The van der Waals surface area contributed by atoms with Gasteiger partial charge in [0.2, 0.25) is 0 Å². The first-order chi connectivity index (χ1) is 11.9. The number of hydrogen-bond acceptors (Lipinski definition) is 8. The summed E-state index contributed by atoms with van der Waals surface area (Å²) in [5.74, 6) is -0.632. The van der Waals surface area contributed by atoms with Gasteiger partial charge < -0.3 is 29.8 Å². The maximum absolute atomic E-state index is 11.3. The lowest BCUT2D eigenvalue weighted by molar-refractivity contribution is -0.145. The van der Waals surface area contributed by atoms with E-state index in [1.54, 1.807) is 13.8 Å². The van der Waals surface area contributed by atoms with Gasteiger partial charge in [-0.25, -0.2) is 0 Å². The van der Waals surface area contributed by atoms with Gasteiger partial charge in [0.15, 0.2) is 0 Å². The highest BCUT2D eigenvalue weighted by atomic mass is 16.6. The molecule has 25 heavy (non-hydrogen) atoms. The molecule has 0 radical (unpaired) electrons. The third kappa shape index (κ3) is 18.4. The zero-order valence-corrected chi connectivity index (χ0v) is 15.2. The number of esters is 2. The van der Waals surface area contributed by atoms with Crippen molar-refractivity contribution in [2.45, 2.75) is 46.0 Å². The third-order valence-corrected chi connectivity index (χ3v) is 2.97. The Bertz CT molecular complexity index is 387. The first-order valence-corrected chi connectivity index (χ1v) is 8.46. The molecule has 8 nitrogen and oxygen atoms in total. The van der Waals surface area contributed by atoms with Crippen molar-refractivity contribution < 1.29 is 28.5 Å². The zero-order chi connectivity index (χ0) is 18.9. The average molecular weight is 358 g/mol. The van der Waals surface area contributed by atoms with Crippen molar-refractivity contribution in [1.29, 1.82) is 10.8 Å². The monoisotopic (exact) mass is 358 g/mol. The summed E-state index contributed by atoms with van der Waals surface area (Å²) in [7, 11) is 0. The van der Waals surface area contributed by atoms with Crippen molar-refractivity contribution in [2.75, 3.05) is 39.6 Å². The molecule has 0 amide bonds. The zero-order valence-electron chi connectivity index (χ0n) is 15.2. The van der Waals surface area contributed by atoms with E-state index in [9.17, 15) is 9.59 Å². The Morgan fingerprint density at radius 3 is 1.40 bits per heavy atom. The first kappa shape index (κ1) is 23.2. The second kappa shape index (κ2) is 15.7. The van der Waals surface area contributed by atoms with E-state index in [0.717, 1.165) is 0 Å². The minimum atomic E-state index is -0.316. The van der Waals surface area contributed by atoms with Gasteiger partial charge in [-0.1, -0.05) is 0 Å². The first-order valence-electron chi connectivity index (χ1n) is 8.46. The van der Waals surface area contributed by atoms with Crippen LogP contribution >= 0.6 is 0 Å². The molecule has 0 atom stereocenters. The van der Waals surface area contributed by atoms with Crippen LogP contribution in [-0.4, -0.2) is 63.0 Å². The molecular formula is C17H30N2O6. The van der Waals surface area contributed by atoms with E-state index in [2.05, 4.69) is 0 Å². The lowest BCUT2D eigenvalue weighted by Gasteiger charge is -2.07. The number of carbonyl (C=O) groups is 2. The molecule has 8 heteroatoms. The van der Waals surface area contributed by atoms with Gasteiger partial charge in [0.25, 0.3) is 0 Å². The Balaban J connectivity index is 3.26. The predicted molar refractivity (Wildman–Crippen MR) is 93.4 cm³/mol. The highest BCUT2D eigenvalue weighted by Crippen LogP contribution is 1.96. The summed E-state index contributed by atoms with van der Waals surface area (Å²) in [6.07, 6.45) is 2.01. The minimum absolute atomic E-state index is 0.210. The predicted octanol–water partition coefficient (Wildman–Crippen LogP) is 2.14. The van der Waals surface area contributed by atoms with Gasteiger partial charge in [0, 0.05) is 24.6 Å². The molecule has 0 fully saturated rings.